The van der Waals surface area contributed by atoms with Crippen LogP contribution >= 0.6 is 0 Å². The summed E-state index contributed by atoms with van der Waals surface area (Å²) in [5.41, 5.74) is 2.13. The van der Waals surface area contributed by atoms with Crippen molar-refractivity contribution in [2.24, 2.45) is 0 Å². The number of nitrogens with one attached hydrogen (secondary N) is 4. The Hall–Kier alpha value is -5.12. The number of hydrogen-bond acceptors (Lipinski definition) is 6. The van der Waals surface area contributed by atoms with Crippen molar-refractivity contribution in [1.29, 1.82) is 0 Å². The van der Waals surface area contributed by atoms with Crippen LogP contribution in [0.4, 0.5) is 22.7 Å². The fourth-order valence-corrected chi connectivity index (χ4v) is 3.57. The van der Waals surface area contributed by atoms with Gasteiger partial charge in [-0.05, 0) is 73.5 Å². The smallest absolute Gasteiger partial charge is 0.291 e. The molecule has 4 amide bonds. The lowest BCUT2D eigenvalue weighted by Crippen LogP contribution is -2.14. The van der Waals surface area contributed by atoms with Gasteiger partial charge in [0.25, 0.3) is 11.8 Å². The normalized spacial score (nSPS) is 10.4. The van der Waals surface area contributed by atoms with E-state index in [1.807, 2.05) is 0 Å². The summed E-state index contributed by atoms with van der Waals surface area (Å²) in [6.07, 6.45) is 4.35. The molecule has 0 aliphatic rings. The van der Waals surface area contributed by atoms with Crippen molar-refractivity contribution in [2.75, 3.05) is 21.3 Å². The maximum atomic E-state index is 12.3. The fraction of sp³-hybridized carbons (Fsp3) is 0.143. The minimum Gasteiger partial charge on any atom is -0.459 e. The Morgan fingerprint density at radius 1 is 0.526 bits per heavy atom. The molecule has 4 N–H and O–H groups in total. The van der Waals surface area contributed by atoms with E-state index in [1.165, 1.54) is 12.5 Å². The number of amides is 4. The summed E-state index contributed by atoms with van der Waals surface area (Å²) in [4.78, 5) is 48.9. The van der Waals surface area contributed by atoms with Crippen LogP contribution in [-0.2, 0) is 9.59 Å². The van der Waals surface area contributed by atoms with Crippen molar-refractivity contribution in [3.05, 3.63) is 96.8 Å². The molecule has 0 saturated heterocycles. The highest BCUT2D eigenvalue weighted by Gasteiger charge is 2.11. The van der Waals surface area contributed by atoms with E-state index in [4.69, 9.17) is 8.83 Å². The van der Waals surface area contributed by atoms with Gasteiger partial charge in [-0.2, -0.15) is 0 Å². The second-order valence-electron chi connectivity index (χ2n) is 8.33. The Morgan fingerprint density at radius 2 is 0.921 bits per heavy atom. The number of furan rings is 2. The molecule has 0 fully saturated rings. The van der Waals surface area contributed by atoms with Gasteiger partial charge in [0.15, 0.2) is 11.5 Å². The minimum absolute atomic E-state index is 0.188. The molecule has 4 aromatic rings. The molecule has 38 heavy (non-hydrogen) atoms. The average molecular weight is 515 g/mol. The number of benzene rings is 2. The summed E-state index contributed by atoms with van der Waals surface area (Å²) >= 11 is 0. The number of rotatable bonds is 11. The first kappa shape index (κ1) is 26.0. The van der Waals surface area contributed by atoms with Crippen LogP contribution in [0.2, 0.25) is 0 Å². The van der Waals surface area contributed by atoms with Crippen LogP contribution in [0.25, 0.3) is 0 Å². The lowest BCUT2D eigenvalue weighted by molar-refractivity contribution is -0.118. The van der Waals surface area contributed by atoms with Crippen molar-refractivity contribution < 1.29 is 28.0 Å². The van der Waals surface area contributed by atoms with Gasteiger partial charge in [-0.3, -0.25) is 19.2 Å². The molecule has 0 atom stereocenters. The molecule has 0 unspecified atom stereocenters. The molecule has 0 spiro atoms. The first-order valence-electron chi connectivity index (χ1n) is 12.0. The van der Waals surface area contributed by atoms with Crippen molar-refractivity contribution in [1.82, 2.24) is 0 Å². The molecule has 10 heteroatoms. The Kier molecular flexibility index (Phi) is 8.69. The van der Waals surface area contributed by atoms with E-state index in [0.717, 1.165) is 0 Å². The zero-order chi connectivity index (χ0) is 26.7. The summed E-state index contributed by atoms with van der Waals surface area (Å²) in [6.45, 7) is 0. The number of carbonyl (C=O) groups is 4. The van der Waals surface area contributed by atoms with Crippen LogP contribution < -0.4 is 21.3 Å². The molecule has 10 nitrogen and oxygen atoms in total. The largest absolute Gasteiger partial charge is 0.459 e. The lowest BCUT2D eigenvalue weighted by atomic mass is 10.1. The van der Waals surface area contributed by atoms with E-state index >= 15 is 0 Å². The zero-order valence-electron chi connectivity index (χ0n) is 20.4. The number of hydrogen-bond donors (Lipinski definition) is 4. The van der Waals surface area contributed by atoms with Gasteiger partial charge >= 0.3 is 0 Å². The Morgan fingerprint density at radius 3 is 1.29 bits per heavy atom. The third-order valence-electron chi connectivity index (χ3n) is 5.36. The number of unbranched alkanes of at least 4 members (excludes halogenated alkanes) is 1. The van der Waals surface area contributed by atoms with E-state index in [1.54, 1.807) is 72.8 Å². The third kappa shape index (κ3) is 7.69. The van der Waals surface area contributed by atoms with E-state index in [9.17, 15) is 19.2 Å². The summed E-state index contributed by atoms with van der Waals surface area (Å²) in [5.74, 6) is -0.787. The summed E-state index contributed by atoms with van der Waals surface area (Å²) in [7, 11) is 0. The molecule has 2 aromatic heterocycles. The van der Waals surface area contributed by atoms with Gasteiger partial charge in [0, 0.05) is 35.6 Å². The van der Waals surface area contributed by atoms with Crippen LogP contribution in [0.1, 0.15) is 46.8 Å². The Bertz CT molecular complexity index is 1290. The summed E-state index contributed by atoms with van der Waals surface area (Å²) in [5, 5.41) is 11.0. The van der Waals surface area contributed by atoms with E-state index in [0.29, 0.717) is 35.6 Å². The van der Waals surface area contributed by atoms with Crippen molar-refractivity contribution in [3.8, 4) is 0 Å². The van der Waals surface area contributed by atoms with Gasteiger partial charge in [0.05, 0.1) is 12.5 Å². The molecular formula is C28H26N4O6. The van der Waals surface area contributed by atoms with Gasteiger partial charge in [-0.25, -0.2) is 0 Å². The highest BCUT2D eigenvalue weighted by atomic mass is 16.3. The molecule has 2 aromatic carbocycles. The monoisotopic (exact) mass is 514 g/mol. The molecule has 0 aliphatic carbocycles. The average Bonchev–Trinajstić information content (AvgIpc) is 3.62. The second kappa shape index (κ2) is 12.7. The van der Waals surface area contributed by atoms with Gasteiger partial charge in [0.1, 0.15) is 0 Å². The lowest BCUT2D eigenvalue weighted by Gasteiger charge is -2.09. The molecule has 194 valence electrons. The standard InChI is InChI=1S/C28H26N4O6/c33-25(29-19-7-3-9-21(17-19)31-27(35)23-11-5-15-37-23)13-1-2-14-26(34)30-20-8-4-10-22(18-20)32-28(36)24-12-6-16-38-24/h3-12,15-18H,1-2,13-14H2,(H,29,33)(H,30,34)(H,31,35)(H,32,36). The minimum atomic E-state index is -0.387. The number of carbonyl (C=O) groups excluding carboxylic acids is 4. The van der Waals surface area contributed by atoms with Gasteiger partial charge in [-0.15, -0.1) is 0 Å². The molecule has 0 aliphatic heterocycles. The SMILES string of the molecule is O=C(CCCCC(=O)Nc1cccc(NC(=O)c2ccco2)c1)Nc1cccc(NC(=O)c2ccco2)c1. The first-order chi connectivity index (χ1) is 18.5. The third-order valence-corrected chi connectivity index (χ3v) is 5.36. The van der Waals surface area contributed by atoms with Gasteiger partial charge in [-0.1, -0.05) is 12.1 Å². The topological polar surface area (TPSA) is 143 Å². The van der Waals surface area contributed by atoms with Crippen molar-refractivity contribution in [2.45, 2.75) is 25.7 Å². The molecule has 0 radical (unpaired) electrons. The van der Waals surface area contributed by atoms with Crippen molar-refractivity contribution >= 4 is 46.4 Å². The maximum absolute atomic E-state index is 12.3. The van der Waals surface area contributed by atoms with Crippen molar-refractivity contribution in [3.63, 3.8) is 0 Å². The van der Waals surface area contributed by atoms with Gasteiger partial charge in [0.2, 0.25) is 11.8 Å². The molecule has 4 rings (SSSR count). The van der Waals surface area contributed by atoms with Crippen LogP contribution in [0.5, 0.6) is 0 Å². The van der Waals surface area contributed by atoms with Gasteiger partial charge < -0.3 is 30.1 Å². The predicted molar refractivity (Wildman–Crippen MR) is 142 cm³/mol. The molecule has 0 saturated carbocycles. The highest BCUT2D eigenvalue weighted by Crippen LogP contribution is 2.18. The van der Waals surface area contributed by atoms with Crippen LogP contribution in [0.15, 0.2) is 94.2 Å². The Labute approximate surface area is 218 Å². The second-order valence-corrected chi connectivity index (χ2v) is 8.33. The fourth-order valence-electron chi connectivity index (χ4n) is 3.57. The van der Waals surface area contributed by atoms with E-state index in [-0.39, 0.29) is 48.0 Å². The van der Waals surface area contributed by atoms with E-state index in [2.05, 4.69) is 21.3 Å². The summed E-state index contributed by atoms with van der Waals surface area (Å²) in [6, 6.07) is 20.0. The Balaban J connectivity index is 1.16. The molecular weight excluding hydrogens is 488 g/mol. The van der Waals surface area contributed by atoms with Crippen LogP contribution in [0, 0.1) is 0 Å². The quantitative estimate of drug-likeness (QED) is 0.194. The molecule has 2 heterocycles. The zero-order valence-corrected chi connectivity index (χ0v) is 20.4. The first-order valence-corrected chi connectivity index (χ1v) is 12.0. The van der Waals surface area contributed by atoms with E-state index < -0.39 is 0 Å². The van der Waals surface area contributed by atoms with Crippen LogP contribution in [-0.4, -0.2) is 23.6 Å². The summed E-state index contributed by atoms with van der Waals surface area (Å²) < 4.78 is 10.1. The van der Waals surface area contributed by atoms with Crippen LogP contribution in [0.3, 0.4) is 0 Å². The highest BCUT2D eigenvalue weighted by molar-refractivity contribution is 6.03. The number of anilines is 4. The molecule has 0 bridgehead atoms. The predicted octanol–water partition coefficient (Wildman–Crippen LogP) is 5.51. The maximum Gasteiger partial charge on any atom is 0.291 e.